The molecule has 3 aromatic rings. The number of carbonyl (C=O) groups excluding carboxylic acids is 1. The second-order valence-corrected chi connectivity index (χ2v) is 6.23. The second kappa shape index (κ2) is 8.81. The van der Waals surface area contributed by atoms with Crippen LogP contribution in [0.3, 0.4) is 0 Å². The van der Waals surface area contributed by atoms with E-state index in [0.29, 0.717) is 32.9 Å². The number of rotatable bonds is 7. The normalized spacial score (nSPS) is 10.4. The fourth-order valence-electron chi connectivity index (χ4n) is 2.25. The van der Waals surface area contributed by atoms with E-state index in [1.807, 2.05) is 0 Å². The summed E-state index contributed by atoms with van der Waals surface area (Å²) in [5, 5.41) is 10.9. The van der Waals surface area contributed by atoms with Crippen molar-refractivity contribution in [3.8, 4) is 28.7 Å². The van der Waals surface area contributed by atoms with E-state index in [2.05, 4.69) is 15.5 Å². The van der Waals surface area contributed by atoms with Gasteiger partial charge in [-0.3, -0.25) is 10.1 Å². The Balaban J connectivity index is 1.67. The molecule has 0 aliphatic carbocycles. The number of aromatic nitrogens is 2. The maximum absolute atomic E-state index is 12.1. The molecule has 1 heterocycles. The largest absolute Gasteiger partial charge is 0.497 e. The Labute approximate surface area is 170 Å². The van der Waals surface area contributed by atoms with Crippen LogP contribution >= 0.6 is 23.2 Å². The molecule has 8 nitrogen and oxygen atoms in total. The van der Waals surface area contributed by atoms with Crippen LogP contribution in [0.5, 0.6) is 17.2 Å². The van der Waals surface area contributed by atoms with Gasteiger partial charge in [-0.1, -0.05) is 28.3 Å². The second-order valence-electron chi connectivity index (χ2n) is 5.39. The molecule has 10 heteroatoms. The van der Waals surface area contributed by atoms with Crippen LogP contribution in [0.4, 0.5) is 6.01 Å². The van der Waals surface area contributed by atoms with Gasteiger partial charge in [0, 0.05) is 5.02 Å². The summed E-state index contributed by atoms with van der Waals surface area (Å²) in [6.07, 6.45) is 0. The van der Waals surface area contributed by atoms with E-state index in [9.17, 15) is 4.79 Å². The summed E-state index contributed by atoms with van der Waals surface area (Å²) >= 11 is 11.8. The zero-order valence-corrected chi connectivity index (χ0v) is 16.4. The van der Waals surface area contributed by atoms with Crippen LogP contribution in [-0.4, -0.2) is 36.9 Å². The molecule has 1 amide bonds. The quantitative estimate of drug-likeness (QED) is 0.611. The zero-order chi connectivity index (χ0) is 20.1. The molecule has 0 saturated carbocycles. The molecule has 0 bridgehead atoms. The summed E-state index contributed by atoms with van der Waals surface area (Å²) in [7, 11) is 3.06. The van der Waals surface area contributed by atoms with Crippen LogP contribution < -0.4 is 19.5 Å². The highest BCUT2D eigenvalue weighted by Gasteiger charge is 2.16. The molecule has 0 fully saturated rings. The van der Waals surface area contributed by atoms with Crippen molar-refractivity contribution in [1.29, 1.82) is 0 Å². The molecule has 1 N–H and O–H groups in total. The van der Waals surface area contributed by atoms with Crippen molar-refractivity contribution in [3.63, 3.8) is 0 Å². The van der Waals surface area contributed by atoms with E-state index < -0.39 is 5.91 Å². The Hall–Kier alpha value is -2.97. The molecule has 0 aliphatic heterocycles. The fraction of sp³-hybridized carbons (Fsp3) is 0.167. The smallest absolute Gasteiger partial charge is 0.322 e. The van der Waals surface area contributed by atoms with Crippen LogP contribution in [0.2, 0.25) is 10.0 Å². The Morgan fingerprint density at radius 2 is 1.86 bits per heavy atom. The van der Waals surface area contributed by atoms with Gasteiger partial charge in [-0.2, -0.15) is 0 Å². The summed E-state index contributed by atoms with van der Waals surface area (Å²) in [5.74, 6) is 1.09. The number of halogens is 2. The van der Waals surface area contributed by atoms with Crippen LogP contribution in [0.25, 0.3) is 11.5 Å². The average Bonchev–Trinajstić information content (AvgIpc) is 3.15. The third kappa shape index (κ3) is 4.65. The fourth-order valence-corrected chi connectivity index (χ4v) is 2.72. The monoisotopic (exact) mass is 423 g/mol. The summed E-state index contributed by atoms with van der Waals surface area (Å²) in [5.41, 5.74) is 0.527. The molecule has 1 aromatic heterocycles. The minimum atomic E-state index is -0.501. The number of hydrogen-bond donors (Lipinski definition) is 1. The highest BCUT2D eigenvalue weighted by atomic mass is 35.5. The lowest BCUT2D eigenvalue weighted by Gasteiger charge is -2.07. The average molecular weight is 424 g/mol. The number of hydrogen-bond acceptors (Lipinski definition) is 7. The van der Waals surface area contributed by atoms with Crippen LogP contribution in [0, 0.1) is 0 Å². The minimum absolute atomic E-state index is 0.0873. The third-order valence-corrected chi connectivity index (χ3v) is 4.09. The third-order valence-electron chi connectivity index (χ3n) is 3.56. The predicted octanol–water partition coefficient (Wildman–Crippen LogP) is 4.08. The van der Waals surface area contributed by atoms with Crippen molar-refractivity contribution in [3.05, 3.63) is 46.4 Å². The number of benzene rings is 2. The molecule has 0 saturated heterocycles. The Morgan fingerprint density at radius 3 is 2.57 bits per heavy atom. The molecule has 146 valence electrons. The van der Waals surface area contributed by atoms with E-state index in [-0.39, 0.29) is 18.5 Å². The number of nitrogens with one attached hydrogen (secondary N) is 1. The first-order valence-electron chi connectivity index (χ1n) is 7.93. The van der Waals surface area contributed by atoms with Crippen molar-refractivity contribution < 1.29 is 23.4 Å². The number of methoxy groups -OCH3 is 2. The van der Waals surface area contributed by atoms with Crippen LogP contribution in [0.1, 0.15) is 0 Å². The highest BCUT2D eigenvalue weighted by Crippen LogP contribution is 2.33. The standard InChI is InChI=1S/C18H15Cl2N3O5/c1-25-11-4-6-14(26-2)12(8-11)17-22-23-18(28-17)21-16(24)9-27-15-5-3-10(19)7-13(15)20/h3-8H,9H2,1-2H3,(H,21,23,24). The van der Waals surface area contributed by atoms with E-state index in [1.165, 1.54) is 20.3 Å². The number of ether oxygens (including phenoxy) is 3. The maximum Gasteiger partial charge on any atom is 0.322 e. The predicted molar refractivity (Wildman–Crippen MR) is 103 cm³/mol. The van der Waals surface area contributed by atoms with Crippen molar-refractivity contribution >= 4 is 35.1 Å². The molecule has 0 atom stereocenters. The Morgan fingerprint density at radius 1 is 1.07 bits per heavy atom. The molecule has 28 heavy (non-hydrogen) atoms. The topological polar surface area (TPSA) is 95.7 Å². The Bertz CT molecular complexity index is 993. The lowest BCUT2D eigenvalue weighted by molar-refractivity contribution is -0.118. The molecule has 0 aliphatic rings. The van der Waals surface area contributed by atoms with Gasteiger partial charge in [0.05, 0.1) is 24.8 Å². The van der Waals surface area contributed by atoms with Crippen LogP contribution in [0.15, 0.2) is 40.8 Å². The number of anilines is 1. The number of amides is 1. The van der Waals surface area contributed by atoms with Gasteiger partial charge in [-0.15, -0.1) is 5.10 Å². The highest BCUT2D eigenvalue weighted by molar-refractivity contribution is 6.35. The first kappa shape index (κ1) is 19.8. The van der Waals surface area contributed by atoms with Gasteiger partial charge in [0.2, 0.25) is 0 Å². The van der Waals surface area contributed by atoms with E-state index in [0.717, 1.165) is 0 Å². The van der Waals surface area contributed by atoms with Crippen LogP contribution in [-0.2, 0) is 4.79 Å². The molecule has 3 rings (SSSR count). The van der Waals surface area contributed by atoms with Gasteiger partial charge in [0.15, 0.2) is 6.61 Å². The SMILES string of the molecule is COc1ccc(OC)c(-c2nnc(NC(=O)COc3ccc(Cl)cc3Cl)o2)c1. The molecule has 2 aromatic carbocycles. The van der Waals surface area contributed by atoms with Gasteiger partial charge in [-0.25, -0.2) is 0 Å². The van der Waals surface area contributed by atoms with Crippen molar-refractivity contribution in [2.75, 3.05) is 26.1 Å². The molecule has 0 radical (unpaired) electrons. The molecular weight excluding hydrogens is 409 g/mol. The number of nitrogens with zero attached hydrogens (tertiary/aromatic N) is 2. The summed E-state index contributed by atoms with van der Waals surface area (Å²) in [6.45, 7) is -0.304. The first-order chi connectivity index (χ1) is 13.5. The van der Waals surface area contributed by atoms with E-state index >= 15 is 0 Å². The lowest BCUT2D eigenvalue weighted by atomic mass is 10.2. The van der Waals surface area contributed by atoms with Gasteiger partial charge < -0.3 is 18.6 Å². The zero-order valence-electron chi connectivity index (χ0n) is 14.9. The molecule has 0 unspecified atom stereocenters. The van der Waals surface area contributed by atoms with Crippen molar-refractivity contribution in [2.45, 2.75) is 0 Å². The summed E-state index contributed by atoms with van der Waals surface area (Å²) in [4.78, 5) is 12.1. The van der Waals surface area contributed by atoms with Gasteiger partial charge in [-0.05, 0) is 36.4 Å². The van der Waals surface area contributed by atoms with Crippen molar-refractivity contribution in [2.24, 2.45) is 0 Å². The molecule has 0 spiro atoms. The maximum atomic E-state index is 12.1. The Kier molecular flexibility index (Phi) is 6.23. The molecular formula is C18H15Cl2N3O5. The van der Waals surface area contributed by atoms with Gasteiger partial charge in [0.25, 0.3) is 11.8 Å². The minimum Gasteiger partial charge on any atom is -0.497 e. The van der Waals surface area contributed by atoms with Crippen molar-refractivity contribution in [1.82, 2.24) is 10.2 Å². The van der Waals surface area contributed by atoms with Gasteiger partial charge in [0.1, 0.15) is 17.2 Å². The van der Waals surface area contributed by atoms with Gasteiger partial charge >= 0.3 is 6.01 Å². The first-order valence-corrected chi connectivity index (χ1v) is 8.69. The number of carbonyl (C=O) groups is 1. The lowest BCUT2D eigenvalue weighted by Crippen LogP contribution is -2.20. The van der Waals surface area contributed by atoms with E-state index in [4.69, 9.17) is 41.8 Å². The summed E-state index contributed by atoms with van der Waals surface area (Å²) < 4.78 is 21.3. The summed E-state index contributed by atoms with van der Waals surface area (Å²) in [6, 6.07) is 9.73. The van der Waals surface area contributed by atoms with E-state index in [1.54, 1.807) is 30.3 Å².